The maximum absolute atomic E-state index is 11.7. The van der Waals surface area contributed by atoms with Crippen LogP contribution in [-0.2, 0) is 19.1 Å². The summed E-state index contributed by atoms with van der Waals surface area (Å²) in [6, 6.07) is -0.578. The molecule has 88 valence electrons. The van der Waals surface area contributed by atoms with Gasteiger partial charge in [-0.05, 0) is 12.8 Å². The van der Waals surface area contributed by atoms with Gasteiger partial charge in [0.25, 0.3) is 0 Å². The lowest BCUT2D eigenvalue weighted by atomic mass is 10.0. The van der Waals surface area contributed by atoms with E-state index in [4.69, 9.17) is 4.74 Å². The lowest BCUT2D eigenvalue weighted by Crippen LogP contribution is -2.53. The summed E-state index contributed by atoms with van der Waals surface area (Å²) in [4.78, 5) is 34.0. The molecule has 0 spiro atoms. The number of carbonyl (C=O) groups excluding carboxylic acids is 3. The second-order valence-electron chi connectivity index (χ2n) is 4.07. The van der Waals surface area contributed by atoms with Gasteiger partial charge in [0, 0.05) is 13.0 Å². The van der Waals surface area contributed by atoms with E-state index in [1.165, 1.54) is 0 Å². The maximum Gasteiger partial charge on any atom is 0.249 e. The lowest BCUT2D eigenvalue weighted by molar-refractivity contribution is -0.138. The summed E-state index contributed by atoms with van der Waals surface area (Å²) >= 11 is 0. The van der Waals surface area contributed by atoms with Crippen molar-refractivity contribution in [2.24, 2.45) is 5.92 Å². The molecule has 2 N–H and O–H groups in total. The average molecular weight is 226 g/mol. The van der Waals surface area contributed by atoms with Crippen LogP contribution >= 0.6 is 0 Å². The summed E-state index contributed by atoms with van der Waals surface area (Å²) in [5, 5.41) is 4.85. The van der Waals surface area contributed by atoms with E-state index in [0.29, 0.717) is 26.1 Å². The smallest absolute Gasteiger partial charge is 0.249 e. The molecule has 2 rings (SSSR count). The number of imide groups is 1. The molecule has 0 aromatic heterocycles. The van der Waals surface area contributed by atoms with Gasteiger partial charge < -0.3 is 10.1 Å². The van der Waals surface area contributed by atoms with Crippen molar-refractivity contribution in [1.29, 1.82) is 0 Å². The van der Waals surface area contributed by atoms with Crippen LogP contribution in [0, 0.1) is 5.92 Å². The molecule has 2 heterocycles. The highest BCUT2D eigenvalue weighted by atomic mass is 16.5. The molecule has 2 aliphatic rings. The van der Waals surface area contributed by atoms with E-state index in [-0.39, 0.29) is 24.2 Å². The Morgan fingerprint density at radius 2 is 2.19 bits per heavy atom. The predicted molar refractivity (Wildman–Crippen MR) is 53.2 cm³/mol. The van der Waals surface area contributed by atoms with Crippen molar-refractivity contribution in [2.45, 2.75) is 25.3 Å². The van der Waals surface area contributed by atoms with Gasteiger partial charge in [-0.25, -0.2) is 0 Å². The van der Waals surface area contributed by atoms with Gasteiger partial charge in [-0.2, -0.15) is 0 Å². The number of amides is 3. The average Bonchev–Trinajstić information content (AvgIpc) is 2.75. The van der Waals surface area contributed by atoms with Crippen LogP contribution in [0.4, 0.5) is 0 Å². The van der Waals surface area contributed by atoms with Crippen LogP contribution in [0.25, 0.3) is 0 Å². The van der Waals surface area contributed by atoms with Gasteiger partial charge in [0.2, 0.25) is 17.7 Å². The first-order chi connectivity index (χ1) is 7.66. The van der Waals surface area contributed by atoms with Gasteiger partial charge in [-0.15, -0.1) is 0 Å². The highest BCUT2D eigenvalue weighted by molar-refractivity contribution is 6.01. The Morgan fingerprint density at radius 3 is 2.81 bits per heavy atom. The third-order valence-electron chi connectivity index (χ3n) is 2.86. The van der Waals surface area contributed by atoms with E-state index < -0.39 is 11.9 Å². The van der Waals surface area contributed by atoms with Crippen LogP contribution in [0.15, 0.2) is 0 Å². The van der Waals surface area contributed by atoms with Crippen LogP contribution in [0.5, 0.6) is 0 Å². The van der Waals surface area contributed by atoms with Crippen molar-refractivity contribution in [3.05, 3.63) is 0 Å². The number of hydrogen-bond donors (Lipinski definition) is 2. The topological polar surface area (TPSA) is 84.5 Å². The van der Waals surface area contributed by atoms with E-state index >= 15 is 0 Å². The lowest BCUT2D eigenvalue weighted by Gasteiger charge is -2.22. The normalized spacial score (nSPS) is 30.0. The molecule has 0 radical (unpaired) electrons. The number of carbonyl (C=O) groups is 3. The third-order valence-corrected chi connectivity index (χ3v) is 2.86. The second kappa shape index (κ2) is 4.61. The Morgan fingerprint density at radius 1 is 1.38 bits per heavy atom. The van der Waals surface area contributed by atoms with Crippen LogP contribution in [0.3, 0.4) is 0 Å². The Kier molecular flexibility index (Phi) is 3.19. The van der Waals surface area contributed by atoms with Gasteiger partial charge in [0.05, 0.1) is 12.5 Å². The molecule has 2 saturated heterocycles. The summed E-state index contributed by atoms with van der Waals surface area (Å²) in [5.41, 5.74) is 0. The van der Waals surface area contributed by atoms with Crippen LogP contribution in [0.2, 0.25) is 0 Å². The number of hydrogen-bond acceptors (Lipinski definition) is 4. The number of piperidine rings is 1. The molecule has 3 amide bonds. The minimum absolute atomic E-state index is 0.160. The van der Waals surface area contributed by atoms with Crippen LogP contribution in [0.1, 0.15) is 19.3 Å². The molecule has 0 aromatic carbocycles. The molecule has 0 aromatic rings. The number of ether oxygens (including phenoxy) is 1. The first-order valence-corrected chi connectivity index (χ1v) is 5.38. The summed E-state index contributed by atoms with van der Waals surface area (Å²) in [7, 11) is 0. The zero-order chi connectivity index (χ0) is 11.5. The van der Waals surface area contributed by atoms with Gasteiger partial charge in [0.15, 0.2) is 0 Å². The van der Waals surface area contributed by atoms with Gasteiger partial charge in [-0.3, -0.25) is 19.7 Å². The Balaban J connectivity index is 1.86. The highest BCUT2D eigenvalue weighted by Crippen LogP contribution is 2.13. The molecule has 0 bridgehead atoms. The zero-order valence-corrected chi connectivity index (χ0v) is 8.82. The Bertz CT molecular complexity index is 323. The Labute approximate surface area is 92.7 Å². The SMILES string of the molecule is O=C1CCC(NC(=O)C2CCOC2)C(=O)N1. The van der Waals surface area contributed by atoms with Crippen molar-refractivity contribution in [1.82, 2.24) is 10.6 Å². The summed E-state index contributed by atoms with van der Waals surface area (Å²) in [5.74, 6) is -1.01. The molecular formula is C10H14N2O4. The van der Waals surface area contributed by atoms with Gasteiger partial charge >= 0.3 is 0 Å². The van der Waals surface area contributed by atoms with E-state index in [1.54, 1.807) is 0 Å². The molecule has 2 unspecified atom stereocenters. The van der Waals surface area contributed by atoms with E-state index in [9.17, 15) is 14.4 Å². The number of nitrogens with one attached hydrogen (secondary N) is 2. The second-order valence-corrected chi connectivity index (χ2v) is 4.07. The van der Waals surface area contributed by atoms with E-state index in [1.807, 2.05) is 0 Å². The monoisotopic (exact) mass is 226 g/mol. The third kappa shape index (κ3) is 2.38. The molecule has 6 heteroatoms. The highest BCUT2D eigenvalue weighted by Gasteiger charge is 2.31. The van der Waals surface area contributed by atoms with E-state index in [0.717, 1.165) is 0 Å². The minimum atomic E-state index is -0.578. The van der Waals surface area contributed by atoms with Crippen LogP contribution in [-0.4, -0.2) is 37.0 Å². The molecule has 16 heavy (non-hydrogen) atoms. The molecule has 0 aliphatic carbocycles. The quantitative estimate of drug-likeness (QED) is 0.588. The summed E-state index contributed by atoms with van der Waals surface area (Å²) in [6.07, 6.45) is 1.35. The van der Waals surface area contributed by atoms with Crippen molar-refractivity contribution >= 4 is 17.7 Å². The maximum atomic E-state index is 11.7. The molecule has 6 nitrogen and oxygen atoms in total. The molecule has 2 aliphatic heterocycles. The minimum Gasteiger partial charge on any atom is -0.381 e. The van der Waals surface area contributed by atoms with Crippen molar-refractivity contribution in [3.8, 4) is 0 Å². The number of rotatable bonds is 2. The molecule has 2 atom stereocenters. The fourth-order valence-corrected chi connectivity index (χ4v) is 1.86. The first kappa shape index (κ1) is 11.1. The van der Waals surface area contributed by atoms with Crippen molar-refractivity contribution in [3.63, 3.8) is 0 Å². The first-order valence-electron chi connectivity index (χ1n) is 5.38. The van der Waals surface area contributed by atoms with E-state index in [2.05, 4.69) is 10.6 Å². The van der Waals surface area contributed by atoms with Crippen LogP contribution < -0.4 is 10.6 Å². The Hall–Kier alpha value is -1.43. The summed E-state index contributed by atoms with van der Waals surface area (Å²) < 4.78 is 5.10. The largest absolute Gasteiger partial charge is 0.381 e. The zero-order valence-electron chi connectivity index (χ0n) is 8.82. The fraction of sp³-hybridized carbons (Fsp3) is 0.700. The van der Waals surface area contributed by atoms with Crippen molar-refractivity contribution < 1.29 is 19.1 Å². The molecule has 0 saturated carbocycles. The molecular weight excluding hydrogens is 212 g/mol. The van der Waals surface area contributed by atoms with Gasteiger partial charge in [0.1, 0.15) is 6.04 Å². The standard InChI is InChI=1S/C10H14N2O4/c13-8-2-1-7(10(15)12-8)11-9(14)6-3-4-16-5-6/h6-7H,1-5H2,(H,11,14)(H,12,13,15). The van der Waals surface area contributed by atoms with Gasteiger partial charge in [-0.1, -0.05) is 0 Å². The predicted octanol–water partition coefficient (Wildman–Crippen LogP) is -1.06. The summed E-state index contributed by atoms with van der Waals surface area (Å²) in [6.45, 7) is 1.01. The molecule has 2 fully saturated rings. The van der Waals surface area contributed by atoms with Crippen molar-refractivity contribution in [2.75, 3.05) is 13.2 Å². The fourth-order valence-electron chi connectivity index (χ4n) is 1.86.